The van der Waals surface area contributed by atoms with E-state index in [-0.39, 0.29) is 12.6 Å². The SMILES string of the molecule is COc1cc(/C=C/C(=O)OCC(=O)NCC2COc3ccccc3O2)cc(Cl)c1OC. The zero-order valence-corrected chi connectivity index (χ0v) is 17.8. The molecule has 1 unspecified atom stereocenters. The average molecular weight is 448 g/mol. The van der Waals surface area contributed by atoms with Crippen LogP contribution in [0.3, 0.4) is 0 Å². The second-order valence-electron chi connectivity index (χ2n) is 6.48. The normalized spacial score (nSPS) is 14.7. The molecule has 8 nitrogen and oxygen atoms in total. The summed E-state index contributed by atoms with van der Waals surface area (Å²) in [7, 11) is 2.96. The van der Waals surface area contributed by atoms with Gasteiger partial charge in [0.05, 0.1) is 25.8 Å². The van der Waals surface area contributed by atoms with Crippen LogP contribution >= 0.6 is 11.6 Å². The highest BCUT2D eigenvalue weighted by molar-refractivity contribution is 6.32. The molecule has 2 aromatic carbocycles. The summed E-state index contributed by atoms with van der Waals surface area (Å²) in [5.74, 6) is 1.00. The van der Waals surface area contributed by atoms with Gasteiger partial charge in [-0.05, 0) is 35.9 Å². The topological polar surface area (TPSA) is 92.3 Å². The van der Waals surface area contributed by atoms with E-state index in [1.54, 1.807) is 18.2 Å². The van der Waals surface area contributed by atoms with Gasteiger partial charge in [0.25, 0.3) is 5.91 Å². The number of hydrogen-bond acceptors (Lipinski definition) is 7. The van der Waals surface area contributed by atoms with Crippen LogP contribution in [0.25, 0.3) is 6.08 Å². The molecule has 0 saturated heterocycles. The molecule has 1 atom stereocenters. The molecular formula is C22H22ClNO7. The summed E-state index contributed by atoms with van der Waals surface area (Å²) in [5.41, 5.74) is 0.610. The third kappa shape index (κ3) is 6.05. The lowest BCUT2D eigenvalue weighted by Crippen LogP contribution is -2.42. The number of ether oxygens (including phenoxy) is 5. The van der Waals surface area contributed by atoms with Gasteiger partial charge in [-0.25, -0.2) is 4.79 Å². The highest BCUT2D eigenvalue weighted by atomic mass is 35.5. The van der Waals surface area contributed by atoms with Crippen LogP contribution in [0.4, 0.5) is 0 Å². The molecule has 0 radical (unpaired) electrons. The van der Waals surface area contributed by atoms with E-state index in [0.717, 1.165) is 0 Å². The van der Waals surface area contributed by atoms with Gasteiger partial charge in [-0.2, -0.15) is 0 Å². The van der Waals surface area contributed by atoms with Crippen molar-refractivity contribution >= 4 is 29.6 Å². The van der Waals surface area contributed by atoms with Gasteiger partial charge in [-0.15, -0.1) is 0 Å². The molecule has 0 aliphatic carbocycles. The molecule has 31 heavy (non-hydrogen) atoms. The second-order valence-corrected chi connectivity index (χ2v) is 6.89. The van der Waals surface area contributed by atoms with Crippen molar-refractivity contribution in [1.82, 2.24) is 5.32 Å². The summed E-state index contributed by atoms with van der Waals surface area (Å²) in [6.45, 7) is 0.123. The van der Waals surface area contributed by atoms with Gasteiger partial charge in [0.15, 0.2) is 29.6 Å². The van der Waals surface area contributed by atoms with Crippen molar-refractivity contribution in [3.05, 3.63) is 53.1 Å². The molecule has 0 aromatic heterocycles. The molecule has 1 amide bonds. The van der Waals surface area contributed by atoms with Gasteiger partial charge >= 0.3 is 5.97 Å². The van der Waals surface area contributed by atoms with Crippen molar-refractivity contribution < 1.29 is 33.3 Å². The molecule has 2 aromatic rings. The molecule has 0 spiro atoms. The lowest BCUT2D eigenvalue weighted by molar-refractivity contribution is -0.143. The first-order chi connectivity index (χ1) is 15.0. The Bertz CT molecular complexity index is 976. The summed E-state index contributed by atoms with van der Waals surface area (Å²) in [6.07, 6.45) is 2.36. The lowest BCUT2D eigenvalue weighted by atomic mass is 10.2. The van der Waals surface area contributed by atoms with Crippen molar-refractivity contribution in [2.45, 2.75) is 6.10 Å². The number of methoxy groups -OCH3 is 2. The Hall–Kier alpha value is -3.39. The van der Waals surface area contributed by atoms with Crippen molar-refractivity contribution in [1.29, 1.82) is 0 Å². The molecule has 1 heterocycles. The number of nitrogens with one attached hydrogen (secondary N) is 1. The number of amides is 1. The number of fused-ring (bicyclic) bond motifs is 1. The smallest absolute Gasteiger partial charge is 0.331 e. The predicted octanol–water partition coefficient (Wildman–Crippen LogP) is 2.87. The Balaban J connectivity index is 1.43. The van der Waals surface area contributed by atoms with E-state index >= 15 is 0 Å². The van der Waals surface area contributed by atoms with Crippen molar-refractivity contribution in [2.75, 3.05) is 34.0 Å². The van der Waals surface area contributed by atoms with Gasteiger partial charge in [0, 0.05) is 6.08 Å². The molecule has 1 aliphatic rings. The molecule has 1 N–H and O–H groups in total. The van der Waals surface area contributed by atoms with Crippen LogP contribution in [0, 0.1) is 0 Å². The maximum Gasteiger partial charge on any atom is 0.331 e. The minimum absolute atomic E-state index is 0.227. The Kier molecular flexibility index (Phi) is 7.61. The van der Waals surface area contributed by atoms with E-state index in [0.29, 0.717) is 40.2 Å². The number of para-hydroxylation sites is 2. The fourth-order valence-corrected chi connectivity index (χ4v) is 3.12. The minimum atomic E-state index is -0.674. The zero-order chi connectivity index (χ0) is 22.2. The van der Waals surface area contributed by atoms with Crippen molar-refractivity contribution in [3.8, 4) is 23.0 Å². The first-order valence-corrected chi connectivity index (χ1v) is 9.79. The van der Waals surface area contributed by atoms with Crippen LogP contribution in [0.15, 0.2) is 42.5 Å². The fourth-order valence-electron chi connectivity index (χ4n) is 2.83. The summed E-state index contributed by atoms with van der Waals surface area (Å²) < 4.78 is 26.7. The largest absolute Gasteiger partial charge is 0.493 e. The van der Waals surface area contributed by atoms with E-state index in [2.05, 4.69) is 5.32 Å². The second kappa shape index (κ2) is 10.6. The summed E-state index contributed by atoms with van der Waals surface area (Å²) in [5, 5.41) is 2.99. The molecule has 0 fully saturated rings. The van der Waals surface area contributed by atoms with Crippen LogP contribution in [-0.4, -0.2) is 52.0 Å². The van der Waals surface area contributed by atoms with Crippen LogP contribution in [0.5, 0.6) is 23.0 Å². The number of rotatable bonds is 8. The molecule has 9 heteroatoms. The maximum atomic E-state index is 12.0. The van der Waals surface area contributed by atoms with Crippen molar-refractivity contribution in [2.24, 2.45) is 0 Å². The van der Waals surface area contributed by atoms with Crippen LogP contribution in [0.1, 0.15) is 5.56 Å². The van der Waals surface area contributed by atoms with Crippen LogP contribution in [0.2, 0.25) is 5.02 Å². The quantitative estimate of drug-likeness (QED) is 0.491. The van der Waals surface area contributed by atoms with Crippen LogP contribution < -0.4 is 24.3 Å². The summed E-state index contributed by atoms with van der Waals surface area (Å²) in [6, 6.07) is 10.6. The molecule has 0 bridgehead atoms. The molecule has 164 valence electrons. The maximum absolute atomic E-state index is 12.0. The molecule has 3 rings (SSSR count). The van der Waals surface area contributed by atoms with Gasteiger partial charge in [0.1, 0.15) is 12.7 Å². The van der Waals surface area contributed by atoms with Crippen LogP contribution in [-0.2, 0) is 14.3 Å². The van der Waals surface area contributed by atoms with E-state index in [4.69, 9.17) is 35.3 Å². The monoisotopic (exact) mass is 447 g/mol. The first-order valence-electron chi connectivity index (χ1n) is 9.41. The number of hydrogen-bond donors (Lipinski definition) is 1. The fraction of sp³-hybridized carbons (Fsp3) is 0.273. The van der Waals surface area contributed by atoms with E-state index in [1.165, 1.54) is 26.4 Å². The van der Waals surface area contributed by atoms with E-state index < -0.39 is 18.5 Å². The minimum Gasteiger partial charge on any atom is -0.493 e. The Morgan fingerprint density at radius 1 is 1.19 bits per heavy atom. The Labute approximate surface area is 184 Å². The van der Waals surface area contributed by atoms with Gasteiger partial charge in [-0.1, -0.05) is 23.7 Å². The average Bonchev–Trinajstić information content (AvgIpc) is 2.79. The molecule has 0 saturated carbocycles. The third-order valence-electron chi connectivity index (χ3n) is 4.31. The zero-order valence-electron chi connectivity index (χ0n) is 17.1. The number of benzene rings is 2. The summed E-state index contributed by atoms with van der Waals surface area (Å²) >= 11 is 6.13. The number of esters is 1. The van der Waals surface area contributed by atoms with Gasteiger partial charge in [0.2, 0.25) is 0 Å². The number of halogens is 1. The van der Waals surface area contributed by atoms with E-state index in [1.807, 2.05) is 18.2 Å². The highest BCUT2D eigenvalue weighted by Gasteiger charge is 2.21. The highest BCUT2D eigenvalue weighted by Crippen LogP contribution is 2.36. The van der Waals surface area contributed by atoms with Crippen molar-refractivity contribution in [3.63, 3.8) is 0 Å². The standard InChI is InChI=1S/C22H22ClNO7/c1-27-19-10-14(9-16(23)22(19)28-2)7-8-21(26)30-13-20(25)24-11-15-12-29-17-5-3-4-6-18(17)31-15/h3-10,15H,11-13H2,1-2H3,(H,24,25)/b8-7+. The Morgan fingerprint density at radius 2 is 1.97 bits per heavy atom. The number of carbonyl (C=O) groups excluding carboxylic acids is 2. The van der Waals surface area contributed by atoms with Gasteiger partial charge in [-0.3, -0.25) is 4.79 Å². The molecule has 1 aliphatic heterocycles. The summed E-state index contributed by atoms with van der Waals surface area (Å²) in [4.78, 5) is 23.9. The first kappa shape index (κ1) is 22.3. The lowest BCUT2D eigenvalue weighted by Gasteiger charge is -2.26. The Morgan fingerprint density at radius 3 is 2.71 bits per heavy atom. The van der Waals surface area contributed by atoms with Gasteiger partial charge < -0.3 is 29.0 Å². The molecular weight excluding hydrogens is 426 g/mol. The van der Waals surface area contributed by atoms with E-state index in [9.17, 15) is 9.59 Å². The number of carbonyl (C=O) groups is 2. The predicted molar refractivity (Wildman–Crippen MR) is 114 cm³/mol. The third-order valence-corrected chi connectivity index (χ3v) is 4.59.